The third-order valence-electron chi connectivity index (χ3n) is 6.16. The topological polar surface area (TPSA) is 319 Å². The second kappa shape index (κ2) is 18.0. The van der Waals surface area contributed by atoms with E-state index in [9.17, 15) is 43.8 Å². The molecule has 5 amide bonds. The van der Waals surface area contributed by atoms with E-state index in [1.165, 1.54) is 0 Å². The molecular formula is C23H39N9O10. The van der Waals surface area contributed by atoms with Gasteiger partial charge in [-0.3, -0.25) is 34.2 Å². The van der Waals surface area contributed by atoms with Crippen molar-refractivity contribution < 1.29 is 48.9 Å². The molecule has 1 aliphatic heterocycles. The monoisotopic (exact) mass is 601 g/mol. The van der Waals surface area contributed by atoms with Gasteiger partial charge in [-0.05, 0) is 32.1 Å². The normalized spacial score (nSPS) is 16.3. The van der Waals surface area contributed by atoms with Crippen LogP contribution < -0.4 is 38.1 Å². The standard InChI is InChI=1S/C23H39N9O10/c24-9-16(34)29-12(3-1-7-27-23(25)26)19(38)28-10-17(35)30-13(5-6-18(36)37)20(39)31-14(11-33)21(40)32-8-2-4-15(32)22(41)42/h12-15,33H,1-11,24H2,(H,28,38)(H,29,34)(H,30,35)(H,31,39)(H,36,37)(H,41,42)(H4,25,26,27). The molecule has 0 aliphatic carbocycles. The van der Waals surface area contributed by atoms with Gasteiger partial charge >= 0.3 is 11.9 Å². The van der Waals surface area contributed by atoms with Crippen LogP contribution in [-0.4, -0.2) is 125 Å². The molecule has 19 nitrogen and oxygen atoms in total. The number of nitrogens with two attached hydrogens (primary N) is 2. The van der Waals surface area contributed by atoms with E-state index in [1.807, 2.05) is 0 Å². The van der Waals surface area contributed by atoms with Crippen molar-refractivity contribution in [1.29, 1.82) is 5.41 Å². The molecule has 4 unspecified atom stereocenters. The van der Waals surface area contributed by atoms with Gasteiger partial charge in [-0.15, -0.1) is 0 Å². The minimum absolute atomic E-state index is 0.0967. The molecule has 13 N–H and O–H groups in total. The highest BCUT2D eigenvalue weighted by Gasteiger charge is 2.38. The molecule has 1 fully saturated rings. The van der Waals surface area contributed by atoms with Crippen LogP contribution in [0.3, 0.4) is 0 Å². The van der Waals surface area contributed by atoms with Gasteiger partial charge in [-0.1, -0.05) is 0 Å². The Morgan fingerprint density at radius 3 is 2.12 bits per heavy atom. The Morgan fingerprint density at radius 2 is 1.55 bits per heavy atom. The van der Waals surface area contributed by atoms with Crippen LogP contribution in [0.4, 0.5) is 0 Å². The Balaban J connectivity index is 2.84. The largest absolute Gasteiger partial charge is 0.481 e. The summed E-state index contributed by atoms with van der Waals surface area (Å²) in [5, 5.41) is 46.9. The number of carboxylic acids is 2. The summed E-state index contributed by atoms with van der Waals surface area (Å²) in [6.07, 6.45) is 0.0389. The van der Waals surface area contributed by atoms with E-state index in [4.69, 9.17) is 22.0 Å². The molecule has 0 aromatic rings. The maximum atomic E-state index is 12.9. The number of hydrogen-bond donors (Lipinski definition) is 11. The minimum atomic E-state index is -1.55. The number of aliphatic hydroxyl groups excluding tert-OH is 1. The highest BCUT2D eigenvalue weighted by Crippen LogP contribution is 2.18. The predicted octanol–water partition coefficient (Wildman–Crippen LogP) is -5.29. The fourth-order valence-corrected chi connectivity index (χ4v) is 4.07. The van der Waals surface area contributed by atoms with Crippen molar-refractivity contribution in [3.8, 4) is 0 Å². The number of carbonyl (C=O) groups excluding carboxylic acids is 5. The summed E-state index contributed by atoms with van der Waals surface area (Å²) in [7, 11) is 0. The fourth-order valence-electron chi connectivity index (χ4n) is 4.07. The van der Waals surface area contributed by atoms with Crippen LogP contribution in [0.15, 0.2) is 0 Å². The van der Waals surface area contributed by atoms with Crippen molar-refractivity contribution in [2.24, 2.45) is 11.5 Å². The van der Waals surface area contributed by atoms with Crippen molar-refractivity contribution in [2.75, 3.05) is 32.8 Å². The van der Waals surface area contributed by atoms with Gasteiger partial charge in [0.05, 0.1) is 19.7 Å². The fraction of sp³-hybridized carbons (Fsp3) is 0.652. The van der Waals surface area contributed by atoms with Gasteiger partial charge in [0.25, 0.3) is 0 Å². The Bertz CT molecular complexity index is 1020. The van der Waals surface area contributed by atoms with Crippen molar-refractivity contribution in [2.45, 2.75) is 62.7 Å². The number of hydrogen-bond acceptors (Lipinski definition) is 10. The molecule has 19 heteroatoms. The molecule has 0 aromatic carbocycles. The van der Waals surface area contributed by atoms with E-state index in [0.717, 1.165) is 4.90 Å². The van der Waals surface area contributed by atoms with Crippen molar-refractivity contribution in [1.82, 2.24) is 31.5 Å². The molecule has 1 rings (SSSR count). The average Bonchev–Trinajstić information content (AvgIpc) is 3.43. The number of amides is 5. The van der Waals surface area contributed by atoms with Gasteiger partial charge < -0.3 is 58.3 Å². The lowest BCUT2D eigenvalue weighted by atomic mass is 10.1. The van der Waals surface area contributed by atoms with E-state index in [1.54, 1.807) is 0 Å². The molecule has 42 heavy (non-hydrogen) atoms. The quantitative estimate of drug-likeness (QED) is 0.0398. The number of nitrogens with zero attached hydrogens (tertiary/aromatic N) is 1. The van der Waals surface area contributed by atoms with Crippen LogP contribution in [0.1, 0.15) is 38.5 Å². The first-order valence-electron chi connectivity index (χ1n) is 13.1. The van der Waals surface area contributed by atoms with Crippen LogP contribution in [-0.2, 0) is 33.6 Å². The second-order valence-corrected chi connectivity index (χ2v) is 9.35. The zero-order valence-corrected chi connectivity index (χ0v) is 22.9. The third-order valence-corrected chi connectivity index (χ3v) is 6.16. The summed E-state index contributed by atoms with van der Waals surface area (Å²) in [6.45, 7) is -1.64. The molecular weight excluding hydrogens is 562 g/mol. The highest BCUT2D eigenvalue weighted by atomic mass is 16.4. The zero-order valence-electron chi connectivity index (χ0n) is 22.9. The molecule has 236 valence electrons. The van der Waals surface area contributed by atoms with Crippen LogP contribution in [0.5, 0.6) is 0 Å². The van der Waals surface area contributed by atoms with Gasteiger partial charge in [-0.2, -0.15) is 0 Å². The number of aliphatic hydroxyl groups is 1. The minimum Gasteiger partial charge on any atom is -0.481 e. The van der Waals surface area contributed by atoms with Crippen LogP contribution in [0.25, 0.3) is 0 Å². The number of carboxylic acid groups (broad SMARTS) is 2. The Morgan fingerprint density at radius 1 is 0.905 bits per heavy atom. The lowest BCUT2D eigenvalue weighted by molar-refractivity contribution is -0.150. The van der Waals surface area contributed by atoms with Crippen LogP contribution in [0.2, 0.25) is 0 Å². The summed E-state index contributed by atoms with van der Waals surface area (Å²) in [5.41, 5.74) is 10.5. The van der Waals surface area contributed by atoms with Crippen molar-refractivity contribution in [3.63, 3.8) is 0 Å². The average molecular weight is 602 g/mol. The molecule has 1 heterocycles. The second-order valence-electron chi connectivity index (χ2n) is 9.35. The molecule has 0 bridgehead atoms. The predicted molar refractivity (Wildman–Crippen MR) is 143 cm³/mol. The smallest absolute Gasteiger partial charge is 0.326 e. The lowest BCUT2D eigenvalue weighted by Gasteiger charge is -2.27. The van der Waals surface area contributed by atoms with Gasteiger partial charge in [-0.25, -0.2) is 4.79 Å². The zero-order chi connectivity index (χ0) is 31.8. The number of rotatable bonds is 18. The molecule has 0 spiro atoms. The van der Waals surface area contributed by atoms with E-state index in [2.05, 4.69) is 26.6 Å². The summed E-state index contributed by atoms with van der Waals surface area (Å²) < 4.78 is 0. The number of aliphatic carboxylic acids is 2. The first-order chi connectivity index (χ1) is 19.8. The molecule has 0 radical (unpaired) electrons. The Labute approximate surface area is 240 Å². The van der Waals surface area contributed by atoms with Crippen LogP contribution >= 0.6 is 0 Å². The lowest BCUT2D eigenvalue weighted by Crippen LogP contribution is -2.57. The van der Waals surface area contributed by atoms with Gasteiger partial charge in [0.1, 0.15) is 24.2 Å². The third kappa shape index (κ3) is 12.3. The summed E-state index contributed by atoms with van der Waals surface area (Å²) in [6, 6.07) is -5.26. The van der Waals surface area contributed by atoms with Crippen molar-refractivity contribution in [3.05, 3.63) is 0 Å². The number of carbonyl (C=O) groups is 7. The summed E-state index contributed by atoms with van der Waals surface area (Å²) >= 11 is 0. The van der Waals surface area contributed by atoms with E-state index in [0.29, 0.717) is 12.8 Å². The van der Waals surface area contributed by atoms with E-state index in [-0.39, 0.29) is 31.9 Å². The van der Waals surface area contributed by atoms with Gasteiger partial charge in [0.15, 0.2) is 5.96 Å². The van der Waals surface area contributed by atoms with Crippen molar-refractivity contribution >= 4 is 47.4 Å². The highest BCUT2D eigenvalue weighted by molar-refractivity contribution is 5.95. The summed E-state index contributed by atoms with van der Waals surface area (Å²) in [4.78, 5) is 86.1. The van der Waals surface area contributed by atoms with E-state index < -0.39 is 98.2 Å². The van der Waals surface area contributed by atoms with Gasteiger partial charge in [0.2, 0.25) is 29.5 Å². The number of likely N-dealkylation sites (tertiary alicyclic amines) is 1. The maximum absolute atomic E-state index is 12.9. The molecule has 1 aliphatic rings. The molecule has 0 saturated carbocycles. The number of nitrogens with one attached hydrogen (secondary N) is 6. The maximum Gasteiger partial charge on any atom is 0.326 e. The van der Waals surface area contributed by atoms with Gasteiger partial charge in [0, 0.05) is 19.5 Å². The molecule has 0 aromatic heterocycles. The summed E-state index contributed by atoms with van der Waals surface area (Å²) in [5.74, 6) is -6.98. The number of guanidine groups is 1. The Hall–Kier alpha value is -4.52. The Kier molecular flexibility index (Phi) is 15.2. The first kappa shape index (κ1) is 35.5. The SMILES string of the molecule is N=C(N)NCCCC(NC(=O)CN)C(=O)NCC(=O)NC(CCC(=O)O)C(=O)NC(CO)C(=O)N1CCCC1C(=O)O. The molecule has 4 atom stereocenters. The van der Waals surface area contributed by atoms with E-state index >= 15 is 0 Å². The molecule has 1 saturated heterocycles. The van der Waals surface area contributed by atoms with Crippen LogP contribution in [0, 0.1) is 5.41 Å². The first-order valence-corrected chi connectivity index (χ1v) is 13.1.